The van der Waals surface area contributed by atoms with Crippen molar-refractivity contribution in [3.05, 3.63) is 71.3 Å². The molecule has 0 radical (unpaired) electrons. The number of rotatable bonds is 6. The molecule has 0 aromatic heterocycles. The number of amides is 2. The van der Waals surface area contributed by atoms with Crippen molar-refractivity contribution >= 4 is 17.8 Å². The Hall–Kier alpha value is -3.15. The van der Waals surface area contributed by atoms with E-state index in [0.717, 1.165) is 16.7 Å². The van der Waals surface area contributed by atoms with Gasteiger partial charge < -0.3 is 14.9 Å². The Labute approximate surface area is 176 Å². The van der Waals surface area contributed by atoms with E-state index in [1.807, 2.05) is 61.5 Å². The fourth-order valence-electron chi connectivity index (χ4n) is 4.66. The third kappa shape index (κ3) is 3.58. The van der Waals surface area contributed by atoms with E-state index in [-0.39, 0.29) is 11.8 Å². The first-order chi connectivity index (χ1) is 14.5. The third-order valence-corrected chi connectivity index (χ3v) is 6.15. The third-order valence-electron chi connectivity index (χ3n) is 6.15. The van der Waals surface area contributed by atoms with Crippen molar-refractivity contribution in [2.45, 2.75) is 57.3 Å². The van der Waals surface area contributed by atoms with Crippen LogP contribution in [-0.4, -0.2) is 50.8 Å². The van der Waals surface area contributed by atoms with E-state index in [9.17, 15) is 19.5 Å². The quantitative estimate of drug-likeness (QED) is 0.800. The van der Waals surface area contributed by atoms with Crippen molar-refractivity contribution < 1.29 is 19.5 Å². The van der Waals surface area contributed by atoms with Gasteiger partial charge in [-0.15, -0.1) is 0 Å². The van der Waals surface area contributed by atoms with Crippen molar-refractivity contribution in [2.75, 3.05) is 0 Å². The Morgan fingerprint density at radius 1 is 1.03 bits per heavy atom. The molecule has 1 fully saturated rings. The van der Waals surface area contributed by atoms with Crippen LogP contribution in [0.25, 0.3) is 0 Å². The highest BCUT2D eigenvalue weighted by atomic mass is 16.4. The molecule has 0 bridgehead atoms. The Balaban J connectivity index is 1.74. The van der Waals surface area contributed by atoms with Crippen LogP contribution in [0, 0.1) is 0 Å². The molecule has 156 valence electrons. The molecule has 2 aliphatic rings. The molecule has 0 aliphatic carbocycles. The van der Waals surface area contributed by atoms with Gasteiger partial charge in [-0.05, 0) is 23.1 Å². The van der Waals surface area contributed by atoms with E-state index < -0.39 is 24.1 Å². The van der Waals surface area contributed by atoms with Gasteiger partial charge in [0.05, 0.1) is 0 Å². The van der Waals surface area contributed by atoms with E-state index in [4.69, 9.17) is 0 Å². The summed E-state index contributed by atoms with van der Waals surface area (Å²) in [5, 5.41) is 9.88. The van der Waals surface area contributed by atoms with Crippen LogP contribution in [0.1, 0.15) is 36.5 Å². The molecule has 2 amide bonds. The second-order valence-electron chi connectivity index (χ2n) is 8.05. The van der Waals surface area contributed by atoms with Crippen molar-refractivity contribution in [3.63, 3.8) is 0 Å². The van der Waals surface area contributed by atoms with Crippen LogP contribution in [0.15, 0.2) is 54.6 Å². The van der Waals surface area contributed by atoms with Crippen LogP contribution >= 0.6 is 0 Å². The number of benzene rings is 2. The minimum Gasteiger partial charge on any atom is -0.480 e. The number of piperazine rings is 1. The number of fused-ring (bicyclic) bond motifs is 2. The lowest BCUT2D eigenvalue weighted by Crippen LogP contribution is -2.69. The molecule has 4 rings (SSSR count). The van der Waals surface area contributed by atoms with Gasteiger partial charge >= 0.3 is 5.97 Å². The van der Waals surface area contributed by atoms with Crippen molar-refractivity contribution in [3.8, 4) is 0 Å². The summed E-state index contributed by atoms with van der Waals surface area (Å²) >= 11 is 0. The van der Waals surface area contributed by atoms with Gasteiger partial charge in [0.2, 0.25) is 11.8 Å². The van der Waals surface area contributed by atoms with E-state index in [0.29, 0.717) is 32.2 Å². The first-order valence-corrected chi connectivity index (χ1v) is 10.5. The Kier molecular flexibility index (Phi) is 5.57. The van der Waals surface area contributed by atoms with E-state index in [1.165, 1.54) is 4.90 Å². The molecule has 6 nitrogen and oxygen atoms in total. The van der Waals surface area contributed by atoms with Crippen LogP contribution in [0.2, 0.25) is 0 Å². The molecule has 0 spiro atoms. The lowest BCUT2D eigenvalue weighted by Gasteiger charge is -2.49. The second-order valence-corrected chi connectivity index (χ2v) is 8.05. The molecular weight excluding hydrogens is 380 g/mol. The standard InChI is InChI=1S/C24H26N2O4/c1-2-8-19(24(29)30)26-21(13-16-9-4-3-5-10-16)22(27)25-15-18-12-7-6-11-17(18)14-20(25)23(26)28/h3-7,9-12,19-21H,2,8,13-15H2,1H3,(H,29,30). The van der Waals surface area contributed by atoms with Crippen molar-refractivity contribution in [1.29, 1.82) is 0 Å². The molecule has 30 heavy (non-hydrogen) atoms. The average molecular weight is 406 g/mol. The summed E-state index contributed by atoms with van der Waals surface area (Å²) in [6, 6.07) is 14.8. The number of carbonyl (C=O) groups excluding carboxylic acids is 2. The molecule has 3 atom stereocenters. The number of hydrogen-bond donors (Lipinski definition) is 1. The van der Waals surface area contributed by atoms with Crippen molar-refractivity contribution in [1.82, 2.24) is 9.80 Å². The van der Waals surface area contributed by atoms with Gasteiger partial charge in [-0.2, -0.15) is 0 Å². The van der Waals surface area contributed by atoms with Gasteiger partial charge in [0, 0.05) is 19.4 Å². The lowest BCUT2D eigenvalue weighted by molar-refractivity contribution is -0.170. The van der Waals surface area contributed by atoms with Crippen molar-refractivity contribution in [2.24, 2.45) is 0 Å². The van der Waals surface area contributed by atoms with E-state index in [2.05, 4.69) is 0 Å². The molecule has 0 saturated carbocycles. The van der Waals surface area contributed by atoms with Gasteiger partial charge in [-0.1, -0.05) is 67.9 Å². The van der Waals surface area contributed by atoms with Crippen LogP contribution in [0.5, 0.6) is 0 Å². The smallest absolute Gasteiger partial charge is 0.326 e. The average Bonchev–Trinajstić information content (AvgIpc) is 2.76. The topological polar surface area (TPSA) is 77.9 Å². The van der Waals surface area contributed by atoms with Gasteiger partial charge in [-0.3, -0.25) is 9.59 Å². The lowest BCUT2D eigenvalue weighted by atomic mass is 9.87. The zero-order valence-electron chi connectivity index (χ0n) is 17.0. The summed E-state index contributed by atoms with van der Waals surface area (Å²) in [6.45, 7) is 2.28. The Morgan fingerprint density at radius 3 is 2.37 bits per heavy atom. The minimum atomic E-state index is -1.05. The first kappa shape index (κ1) is 20.1. The molecule has 1 saturated heterocycles. The van der Waals surface area contributed by atoms with Gasteiger partial charge in [0.25, 0.3) is 0 Å². The zero-order chi connectivity index (χ0) is 21.3. The highest BCUT2D eigenvalue weighted by molar-refractivity contribution is 5.99. The maximum absolute atomic E-state index is 13.6. The number of carbonyl (C=O) groups is 3. The summed E-state index contributed by atoms with van der Waals surface area (Å²) in [7, 11) is 0. The van der Waals surface area contributed by atoms with E-state index in [1.54, 1.807) is 4.90 Å². The molecule has 3 unspecified atom stereocenters. The number of carboxylic acids is 1. The normalized spacial score (nSPS) is 21.8. The maximum Gasteiger partial charge on any atom is 0.326 e. The Bertz CT molecular complexity index is 959. The molecule has 2 aromatic carbocycles. The summed E-state index contributed by atoms with van der Waals surface area (Å²) in [5.41, 5.74) is 3.00. The number of carboxylic acid groups (broad SMARTS) is 1. The number of nitrogens with zero attached hydrogens (tertiary/aromatic N) is 2. The molecule has 2 heterocycles. The first-order valence-electron chi connectivity index (χ1n) is 10.5. The fraction of sp³-hybridized carbons (Fsp3) is 0.375. The second kappa shape index (κ2) is 8.30. The number of hydrogen-bond acceptors (Lipinski definition) is 3. The van der Waals surface area contributed by atoms with Gasteiger partial charge in [0.15, 0.2) is 0 Å². The zero-order valence-corrected chi connectivity index (χ0v) is 17.0. The minimum absolute atomic E-state index is 0.166. The predicted molar refractivity (Wildman–Crippen MR) is 112 cm³/mol. The predicted octanol–water partition coefficient (Wildman–Crippen LogP) is 2.65. The summed E-state index contributed by atoms with van der Waals surface area (Å²) < 4.78 is 0. The Morgan fingerprint density at radius 2 is 1.70 bits per heavy atom. The van der Waals surface area contributed by atoms with E-state index >= 15 is 0 Å². The largest absolute Gasteiger partial charge is 0.480 e. The maximum atomic E-state index is 13.6. The van der Waals surface area contributed by atoms with Gasteiger partial charge in [0.1, 0.15) is 18.1 Å². The molecule has 2 aromatic rings. The molecule has 2 aliphatic heterocycles. The summed E-state index contributed by atoms with van der Waals surface area (Å²) in [5.74, 6) is -1.48. The van der Waals surface area contributed by atoms with Crippen LogP contribution < -0.4 is 0 Å². The SMILES string of the molecule is CCCC(C(=O)O)N1C(=O)C2Cc3ccccc3CN2C(=O)C1Cc1ccccc1. The summed E-state index contributed by atoms with van der Waals surface area (Å²) in [6.07, 6.45) is 1.67. The van der Waals surface area contributed by atoms with Crippen LogP contribution in [0.3, 0.4) is 0 Å². The number of aliphatic carboxylic acids is 1. The molecule has 1 N–H and O–H groups in total. The van der Waals surface area contributed by atoms with Gasteiger partial charge in [-0.25, -0.2) is 4.79 Å². The summed E-state index contributed by atoms with van der Waals surface area (Å²) in [4.78, 5) is 42.3. The van der Waals surface area contributed by atoms with Crippen LogP contribution in [0.4, 0.5) is 0 Å². The monoisotopic (exact) mass is 406 g/mol. The fourth-order valence-corrected chi connectivity index (χ4v) is 4.66. The van der Waals surface area contributed by atoms with Crippen LogP contribution in [-0.2, 0) is 33.8 Å². The molecule has 6 heteroatoms. The highest BCUT2D eigenvalue weighted by Gasteiger charge is 2.50. The highest BCUT2D eigenvalue weighted by Crippen LogP contribution is 2.32. The molecular formula is C24H26N2O4.